The van der Waals surface area contributed by atoms with Crippen LogP contribution in [-0.4, -0.2) is 31.8 Å². The Labute approximate surface area is 168 Å². The van der Waals surface area contributed by atoms with Crippen molar-refractivity contribution < 1.29 is 17.9 Å². The van der Waals surface area contributed by atoms with Crippen LogP contribution in [-0.2, 0) is 26.8 Å². The van der Waals surface area contributed by atoms with Crippen LogP contribution in [0.1, 0.15) is 56.1 Å². The third kappa shape index (κ3) is 5.20. The Kier molecular flexibility index (Phi) is 7.01. The molecule has 0 unspecified atom stereocenters. The molecule has 0 aliphatic rings. The summed E-state index contributed by atoms with van der Waals surface area (Å²) < 4.78 is 31.7. The van der Waals surface area contributed by atoms with Gasteiger partial charge in [0.05, 0.1) is 10.5 Å². The number of carbonyl (C=O) groups excluding carboxylic acids is 1. The average molecular weight is 404 g/mol. The lowest BCUT2D eigenvalue weighted by Crippen LogP contribution is -2.30. The summed E-state index contributed by atoms with van der Waals surface area (Å²) in [5.41, 5.74) is 2.52. The normalized spacial score (nSPS) is 12.2. The van der Waals surface area contributed by atoms with Gasteiger partial charge in [0.2, 0.25) is 10.0 Å². The minimum atomic E-state index is -3.53. The van der Waals surface area contributed by atoms with Crippen LogP contribution >= 0.6 is 0 Å². The number of nitrogens with zero attached hydrogens (tertiary/aromatic N) is 1. The highest BCUT2D eigenvalue weighted by molar-refractivity contribution is 7.89. The molecule has 0 bridgehead atoms. The predicted molar refractivity (Wildman–Crippen MR) is 111 cm³/mol. The molecule has 0 aliphatic carbocycles. The summed E-state index contributed by atoms with van der Waals surface area (Å²) in [6.07, 6.45) is 0. The third-order valence-electron chi connectivity index (χ3n) is 4.62. The molecule has 0 N–H and O–H groups in total. The maximum atomic E-state index is 12.5. The molecule has 0 aromatic heterocycles. The van der Waals surface area contributed by atoms with Gasteiger partial charge in [0, 0.05) is 13.1 Å². The molecule has 0 atom stereocenters. The van der Waals surface area contributed by atoms with Crippen LogP contribution < -0.4 is 0 Å². The second kappa shape index (κ2) is 8.88. The SMILES string of the molecule is CCN(CC)S(=O)(=O)c1ccc(C(=O)OCc2ccc(C(C)(C)C)cc2)cc1. The molecule has 152 valence electrons. The maximum absolute atomic E-state index is 12.5. The number of benzene rings is 2. The van der Waals surface area contributed by atoms with Crippen molar-refractivity contribution in [2.24, 2.45) is 0 Å². The molecule has 0 spiro atoms. The van der Waals surface area contributed by atoms with Crippen LogP contribution in [0.25, 0.3) is 0 Å². The highest BCUT2D eigenvalue weighted by atomic mass is 32.2. The van der Waals surface area contributed by atoms with Crippen LogP contribution in [0.2, 0.25) is 0 Å². The summed E-state index contributed by atoms with van der Waals surface area (Å²) in [4.78, 5) is 12.4. The van der Waals surface area contributed by atoms with Crippen LogP contribution in [0.3, 0.4) is 0 Å². The fourth-order valence-corrected chi connectivity index (χ4v) is 4.27. The second-order valence-electron chi connectivity index (χ2n) is 7.64. The summed E-state index contributed by atoms with van der Waals surface area (Å²) in [5.74, 6) is -0.480. The first kappa shape index (κ1) is 22.1. The molecular formula is C22H29NO4S. The Morgan fingerprint density at radius 1 is 0.929 bits per heavy atom. The molecule has 2 aromatic rings. The van der Waals surface area contributed by atoms with E-state index >= 15 is 0 Å². The van der Waals surface area contributed by atoms with Gasteiger partial charge >= 0.3 is 5.97 Å². The van der Waals surface area contributed by atoms with Gasteiger partial charge in [0.1, 0.15) is 6.61 Å². The Balaban J connectivity index is 2.03. The lowest BCUT2D eigenvalue weighted by molar-refractivity contribution is 0.0472. The summed E-state index contributed by atoms with van der Waals surface area (Å²) in [7, 11) is -3.53. The predicted octanol–water partition coefficient (Wildman–Crippen LogP) is 4.37. The molecule has 0 amide bonds. The Morgan fingerprint density at radius 2 is 1.46 bits per heavy atom. The first-order valence-electron chi connectivity index (χ1n) is 9.46. The third-order valence-corrected chi connectivity index (χ3v) is 6.69. The minimum absolute atomic E-state index is 0.0718. The van der Waals surface area contributed by atoms with Gasteiger partial charge in [-0.25, -0.2) is 13.2 Å². The average Bonchev–Trinajstić information content (AvgIpc) is 2.66. The largest absolute Gasteiger partial charge is 0.457 e. The van der Waals surface area contributed by atoms with Crippen LogP contribution in [0.4, 0.5) is 0 Å². The minimum Gasteiger partial charge on any atom is -0.457 e. The first-order chi connectivity index (χ1) is 13.1. The van der Waals surface area contributed by atoms with Crippen molar-refractivity contribution in [3.63, 3.8) is 0 Å². The molecular weight excluding hydrogens is 374 g/mol. The number of hydrogen-bond donors (Lipinski definition) is 0. The topological polar surface area (TPSA) is 63.7 Å². The monoisotopic (exact) mass is 403 g/mol. The number of carbonyl (C=O) groups is 1. The maximum Gasteiger partial charge on any atom is 0.338 e. The van der Waals surface area contributed by atoms with Crippen molar-refractivity contribution in [2.45, 2.75) is 51.5 Å². The van der Waals surface area contributed by atoms with Gasteiger partial charge in [-0.1, -0.05) is 58.9 Å². The second-order valence-corrected chi connectivity index (χ2v) is 9.57. The van der Waals surface area contributed by atoms with E-state index in [1.807, 2.05) is 24.3 Å². The standard InChI is InChI=1S/C22H29NO4S/c1-6-23(7-2)28(25,26)20-14-10-18(11-15-20)21(24)27-16-17-8-12-19(13-9-17)22(3,4)5/h8-15H,6-7,16H2,1-5H3. The highest BCUT2D eigenvalue weighted by Gasteiger charge is 2.22. The Morgan fingerprint density at radius 3 is 1.93 bits per heavy atom. The van der Waals surface area contributed by atoms with Gasteiger partial charge in [-0.3, -0.25) is 0 Å². The molecule has 0 saturated heterocycles. The van der Waals surface area contributed by atoms with E-state index in [0.29, 0.717) is 18.7 Å². The summed E-state index contributed by atoms with van der Waals surface area (Å²) >= 11 is 0. The Bertz CT molecular complexity index is 891. The van der Waals surface area contributed by atoms with Crippen molar-refractivity contribution in [1.82, 2.24) is 4.31 Å². The van der Waals surface area contributed by atoms with Gasteiger partial charge < -0.3 is 4.74 Å². The quantitative estimate of drug-likeness (QED) is 0.644. The van der Waals surface area contributed by atoms with Gasteiger partial charge in [-0.15, -0.1) is 0 Å². The number of hydrogen-bond acceptors (Lipinski definition) is 4. The zero-order valence-electron chi connectivity index (χ0n) is 17.2. The Hall–Kier alpha value is -2.18. The lowest BCUT2D eigenvalue weighted by atomic mass is 9.87. The molecule has 0 saturated carbocycles. The van der Waals surface area contributed by atoms with Crippen molar-refractivity contribution in [1.29, 1.82) is 0 Å². The molecule has 0 aliphatic heterocycles. The van der Waals surface area contributed by atoms with Crippen molar-refractivity contribution in [3.05, 3.63) is 65.2 Å². The zero-order chi connectivity index (χ0) is 20.9. The van der Waals surface area contributed by atoms with Gasteiger partial charge in [-0.2, -0.15) is 4.31 Å². The van der Waals surface area contributed by atoms with E-state index in [1.54, 1.807) is 13.8 Å². The summed E-state index contributed by atoms with van der Waals surface area (Å²) in [6, 6.07) is 13.8. The van der Waals surface area contributed by atoms with E-state index in [9.17, 15) is 13.2 Å². The molecule has 2 rings (SSSR count). The zero-order valence-corrected chi connectivity index (χ0v) is 18.0. The summed E-state index contributed by atoms with van der Waals surface area (Å²) in [6.45, 7) is 11.0. The van der Waals surface area contributed by atoms with E-state index in [4.69, 9.17) is 4.74 Å². The number of esters is 1. The number of sulfonamides is 1. The number of ether oxygens (including phenoxy) is 1. The van der Waals surface area contributed by atoms with Gasteiger partial charge in [0.25, 0.3) is 0 Å². The van der Waals surface area contributed by atoms with Crippen molar-refractivity contribution in [2.75, 3.05) is 13.1 Å². The van der Waals surface area contributed by atoms with Gasteiger partial charge in [0.15, 0.2) is 0 Å². The molecule has 6 heteroatoms. The highest BCUT2D eigenvalue weighted by Crippen LogP contribution is 2.22. The lowest BCUT2D eigenvalue weighted by Gasteiger charge is -2.19. The molecule has 0 heterocycles. The van der Waals surface area contributed by atoms with E-state index in [2.05, 4.69) is 20.8 Å². The molecule has 2 aromatic carbocycles. The fraction of sp³-hybridized carbons (Fsp3) is 0.409. The van der Waals surface area contributed by atoms with E-state index in [-0.39, 0.29) is 16.9 Å². The molecule has 5 nitrogen and oxygen atoms in total. The summed E-state index contributed by atoms with van der Waals surface area (Å²) in [5, 5.41) is 0. The van der Waals surface area contributed by atoms with E-state index < -0.39 is 16.0 Å². The van der Waals surface area contributed by atoms with Gasteiger partial charge in [-0.05, 0) is 40.8 Å². The molecule has 0 radical (unpaired) electrons. The fourth-order valence-electron chi connectivity index (χ4n) is 2.81. The molecule has 0 fully saturated rings. The van der Waals surface area contributed by atoms with Crippen LogP contribution in [0.5, 0.6) is 0 Å². The molecule has 28 heavy (non-hydrogen) atoms. The first-order valence-corrected chi connectivity index (χ1v) is 10.9. The number of rotatable bonds is 7. The van der Waals surface area contributed by atoms with E-state index in [0.717, 1.165) is 5.56 Å². The van der Waals surface area contributed by atoms with Crippen molar-refractivity contribution in [3.8, 4) is 0 Å². The van der Waals surface area contributed by atoms with E-state index in [1.165, 1.54) is 34.1 Å². The van der Waals surface area contributed by atoms with Crippen LogP contribution in [0, 0.1) is 0 Å². The smallest absolute Gasteiger partial charge is 0.338 e. The van der Waals surface area contributed by atoms with Crippen LogP contribution in [0.15, 0.2) is 53.4 Å². The van der Waals surface area contributed by atoms with Crippen molar-refractivity contribution >= 4 is 16.0 Å².